The zero-order valence-corrected chi connectivity index (χ0v) is 10.6. The van der Waals surface area contributed by atoms with Crippen LogP contribution in [0.15, 0.2) is 36.4 Å². The van der Waals surface area contributed by atoms with Gasteiger partial charge in [-0.2, -0.15) is 0 Å². The van der Waals surface area contributed by atoms with Crippen molar-refractivity contribution in [1.82, 2.24) is 9.97 Å². The summed E-state index contributed by atoms with van der Waals surface area (Å²) in [4.78, 5) is 7.75. The minimum atomic E-state index is -0.203. The highest BCUT2D eigenvalue weighted by molar-refractivity contribution is 5.80. The van der Waals surface area contributed by atoms with Gasteiger partial charge >= 0.3 is 0 Å². The molecule has 0 aliphatic rings. The van der Waals surface area contributed by atoms with E-state index in [4.69, 9.17) is 5.73 Å². The first-order chi connectivity index (χ1) is 9.17. The first kappa shape index (κ1) is 11.9. The fraction of sp³-hybridized carbons (Fsp3) is 0.133. The fourth-order valence-corrected chi connectivity index (χ4v) is 2.11. The Kier molecular flexibility index (Phi) is 2.80. The van der Waals surface area contributed by atoms with Gasteiger partial charge in [0.25, 0.3) is 0 Å². The van der Waals surface area contributed by atoms with Crippen molar-refractivity contribution in [3.05, 3.63) is 53.3 Å². The van der Waals surface area contributed by atoms with Crippen molar-refractivity contribution >= 4 is 11.0 Å². The average Bonchev–Trinajstić information content (AvgIpc) is 2.84. The van der Waals surface area contributed by atoms with E-state index in [-0.39, 0.29) is 5.82 Å². The zero-order chi connectivity index (χ0) is 13.4. The molecule has 1 aromatic heterocycles. The monoisotopic (exact) mass is 255 g/mol. The van der Waals surface area contributed by atoms with Gasteiger partial charge in [-0.15, -0.1) is 0 Å². The number of nitrogens with zero attached hydrogens (tertiary/aromatic N) is 1. The largest absolute Gasteiger partial charge is 0.338 e. The van der Waals surface area contributed by atoms with Crippen molar-refractivity contribution < 1.29 is 4.39 Å². The lowest BCUT2D eigenvalue weighted by molar-refractivity contribution is 0.618. The molecule has 4 heteroatoms. The molecule has 3 aromatic rings. The summed E-state index contributed by atoms with van der Waals surface area (Å²) in [5.74, 6) is 0.539. The van der Waals surface area contributed by atoms with Gasteiger partial charge in [0.15, 0.2) is 0 Å². The maximum absolute atomic E-state index is 13.3. The molecule has 19 heavy (non-hydrogen) atoms. The predicted molar refractivity (Wildman–Crippen MR) is 74.1 cm³/mol. The molecular weight excluding hydrogens is 241 g/mol. The molecule has 96 valence electrons. The summed E-state index contributed by atoms with van der Waals surface area (Å²) < 4.78 is 13.3. The number of aryl methyl sites for hydroxylation is 1. The van der Waals surface area contributed by atoms with Crippen LogP contribution in [0, 0.1) is 12.7 Å². The van der Waals surface area contributed by atoms with Gasteiger partial charge < -0.3 is 10.7 Å². The number of halogens is 1. The molecule has 0 unspecified atom stereocenters. The standard InChI is InChI=1S/C15H14FN3/c1-9-6-11(3-4-12(9)16)15-18-13-5-2-10(8-17)7-14(13)19-15/h2-7H,8,17H2,1H3,(H,18,19). The number of aromatic nitrogens is 2. The quantitative estimate of drug-likeness (QED) is 0.739. The minimum absolute atomic E-state index is 0.203. The van der Waals surface area contributed by atoms with Gasteiger partial charge in [-0.25, -0.2) is 9.37 Å². The molecule has 3 rings (SSSR count). The minimum Gasteiger partial charge on any atom is -0.338 e. The number of H-pyrrole nitrogens is 1. The molecule has 0 radical (unpaired) electrons. The first-order valence-electron chi connectivity index (χ1n) is 6.12. The van der Waals surface area contributed by atoms with Crippen LogP contribution in [-0.2, 0) is 6.54 Å². The summed E-state index contributed by atoms with van der Waals surface area (Å²) >= 11 is 0. The van der Waals surface area contributed by atoms with E-state index in [0.29, 0.717) is 12.1 Å². The molecule has 0 spiro atoms. The van der Waals surface area contributed by atoms with E-state index in [9.17, 15) is 4.39 Å². The third kappa shape index (κ3) is 2.11. The molecule has 2 aromatic carbocycles. The fourth-order valence-electron chi connectivity index (χ4n) is 2.11. The maximum Gasteiger partial charge on any atom is 0.138 e. The van der Waals surface area contributed by atoms with Crippen LogP contribution in [0.4, 0.5) is 4.39 Å². The van der Waals surface area contributed by atoms with Gasteiger partial charge in [-0.1, -0.05) is 6.07 Å². The smallest absolute Gasteiger partial charge is 0.138 e. The van der Waals surface area contributed by atoms with Gasteiger partial charge in [0.1, 0.15) is 11.6 Å². The summed E-state index contributed by atoms with van der Waals surface area (Å²) in [6.45, 7) is 2.24. The third-order valence-corrected chi connectivity index (χ3v) is 3.21. The first-order valence-corrected chi connectivity index (χ1v) is 6.12. The third-order valence-electron chi connectivity index (χ3n) is 3.21. The SMILES string of the molecule is Cc1cc(-c2nc3ccc(CN)cc3[nH]2)ccc1F. The predicted octanol–water partition coefficient (Wildman–Crippen LogP) is 3.14. The van der Waals surface area contributed by atoms with Crippen molar-refractivity contribution in [2.45, 2.75) is 13.5 Å². The van der Waals surface area contributed by atoms with Crippen LogP contribution in [0.2, 0.25) is 0 Å². The highest BCUT2D eigenvalue weighted by Crippen LogP contribution is 2.23. The lowest BCUT2D eigenvalue weighted by Gasteiger charge is -1.99. The molecule has 0 fully saturated rings. The van der Waals surface area contributed by atoms with Crippen molar-refractivity contribution in [1.29, 1.82) is 0 Å². The number of imidazole rings is 1. The van der Waals surface area contributed by atoms with Gasteiger partial charge in [0.05, 0.1) is 11.0 Å². The van der Waals surface area contributed by atoms with Crippen LogP contribution < -0.4 is 5.73 Å². The number of benzene rings is 2. The van der Waals surface area contributed by atoms with E-state index >= 15 is 0 Å². The lowest BCUT2D eigenvalue weighted by atomic mass is 10.1. The highest BCUT2D eigenvalue weighted by atomic mass is 19.1. The number of rotatable bonds is 2. The van der Waals surface area contributed by atoms with Crippen molar-refractivity contribution in [3.8, 4) is 11.4 Å². The molecular formula is C15H14FN3. The molecule has 3 nitrogen and oxygen atoms in total. The van der Waals surface area contributed by atoms with Gasteiger partial charge in [-0.05, 0) is 48.4 Å². The molecule has 0 atom stereocenters. The topological polar surface area (TPSA) is 54.7 Å². The van der Waals surface area contributed by atoms with Crippen LogP contribution in [0.25, 0.3) is 22.4 Å². The van der Waals surface area contributed by atoms with Gasteiger partial charge in [0, 0.05) is 12.1 Å². The highest BCUT2D eigenvalue weighted by Gasteiger charge is 2.07. The molecule has 0 bridgehead atoms. The normalized spacial score (nSPS) is 11.1. The molecule has 3 N–H and O–H groups in total. The summed E-state index contributed by atoms with van der Waals surface area (Å²) in [6.07, 6.45) is 0. The number of nitrogens with two attached hydrogens (primary N) is 1. The number of fused-ring (bicyclic) bond motifs is 1. The Morgan fingerprint density at radius 3 is 2.79 bits per heavy atom. The number of aromatic amines is 1. The van der Waals surface area contributed by atoms with Crippen LogP contribution >= 0.6 is 0 Å². The lowest BCUT2D eigenvalue weighted by Crippen LogP contribution is -1.95. The van der Waals surface area contributed by atoms with E-state index in [2.05, 4.69) is 9.97 Å². The second-order valence-corrected chi connectivity index (χ2v) is 4.60. The Labute approximate surface area is 110 Å². The molecule has 1 heterocycles. The van der Waals surface area contributed by atoms with E-state index in [1.54, 1.807) is 19.1 Å². The van der Waals surface area contributed by atoms with Gasteiger partial charge in [-0.3, -0.25) is 0 Å². The second-order valence-electron chi connectivity index (χ2n) is 4.60. The van der Waals surface area contributed by atoms with E-state index in [0.717, 1.165) is 28.0 Å². The zero-order valence-electron chi connectivity index (χ0n) is 10.6. The Morgan fingerprint density at radius 1 is 1.21 bits per heavy atom. The van der Waals surface area contributed by atoms with Gasteiger partial charge in [0.2, 0.25) is 0 Å². The average molecular weight is 255 g/mol. The van der Waals surface area contributed by atoms with Crippen molar-refractivity contribution in [2.24, 2.45) is 5.73 Å². The summed E-state index contributed by atoms with van der Waals surface area (Å²) in [5.41, 5.74) is 9.99. The number of hydrogen-bond donors (Lipinski definition) is 2. The van der Waals surface area contributed by atoms with E-state index in [1.807, 2.05) is 18.2 Å². The number of hydrogen-bond acceptors (Lipinski definition) is 2. The van der Waals surface area contributed by atoms with E-state index < -0.39 is 0 Å². The second kappa shape index (κ2) is 4.48. The maximum atomic E-state index is 13.3. The van der Waals surface area contributed by atoms with Crippen LogP contribution in [0.5, 0.6) is 0 Å². The molecule has 0 aliphatic heterocycles. The molecule has 0 amide bonds. The van der Waals surface area contributed by atoms with Crippen molar-refractivity contribution in [3.63, 3.8) is 0 Å². The van der Waals surface area contributed by atoms with Crippen LogP contribution in [0.1, 0.15) is 11.1 Å². The Bertz CT molecular complexity index is 746. The molecule has 0 saturated heterocycles. The number of nitrogens with one attached hydrogen (secondary N) is 1. The Morgan fingerprint density at radius 2 is 2.05 bits per heavy atom. The summed E-state index contributed by atoms with van der Waals surface area (Å²) in [5, 5.41) is 0. The molecule has 0 aliphatic carbocycles. The van der Waals surface area contributed by atoms with Crippen LogP contribution in [-0.4, -0.2) is 9.97 Å². The Hall–Kier alpha value is -2.20. The Balaban J connectivity index is 2.11. The van der Waals surface area contributed by atoms with Crippen LogP contribution in [0.3, 0.4) is 0 Å². The summed E-state index contributed by atoms with van der Waals surface area (Å²) in [7, 11) is 0. The molecule has 0 saturated carbocycles. The van der Waals surface area contributed by atoms with Crippen molar-refractivity contribution in [2.75, 3.05) is 0 Å². The summed E-state index contributed by atoms with van der Waals surface area (Å²) in [6, 6.07) is 10.9. The van der Waals surface area contributed by atoms with E-state index in [1.165, 1.54) is 6.07 Å².